The summed E-state index contributed by atoms with van der Waals surface area (Å²) in [6, 6.07) is -2.13. The van der Waals surface area contributed by atoms with Crippen molar-refractivity contribution in [3.8, 4) is 0 Å². The number of amides is 3. The number of halogens is 3. The highest BCUT2D eigenvalue weighted by Crippen LogP contribution is 2.20. The minimum Gasteiger partial charge on any atom is -0.445 e. The SMILES string of the molecule is CC(C)C[C@H](NC(=O)OCc1cc(F)c(F)cc1F)C(=O)N[C@@H](C[C@@H]1CCNC1=O)[C@@H](O)S(=O)(=O)O. The number of ether oxygens (including phenoxy) is 1. The van der Waals surface area contributed by atoms with Gasteiger partial charge in [-0.25, -0.2) is 18.0 Å². The predicted octanol–water partition coefficient (Wildman–Crippen LogP) is 0.962. The standard InChI is InChI=1S/C21H28F3N3O8S/c1-10(2)5-16(27-21(31)35-9-12-6-14(23)15(24)8-13(12)22)19(29)26-17(20(30)36(32,33)34)7-11-3-4-25-18(11)28/h6,8,10-11,16-17,20,30H,3-5,7,9H2,1-2H3,(H,25,28)(H,26,29)(H,27,31)(H,32,33,34)/t11-,16-,17-,20-/m0/s1. The zero-order valence-electron chi connectivity index (χ0n) is 19.5. The Balaban J connectivity index is 2.11. The molecule has 1 aliphatic heterocycles. The molecule has 5 N–H and O–H groups in total. The molecule has 0 aromatic heterocycles. The van der Waals surface area contributed by atoms with Crippen LogP contribution in [0, 0.1) is 29.3 Å². The first kappa shape index (κ1) is 29.3. The normalized spacial score (nSPS) is 18.3. The van der Waals surface area contributed by atoms with Gasteiger partial charge in [0, 0.05) is 24.1 Å². The molecule has 0 unspecified atom stereocenters. The summed E-state index contributed by atoms with van der Waals surface area (Å²) in [6.07, 6.45) is -1.21. The lowest BCUT2D eigenvalue weighted by Crippen LogP contribution is -2.54. The summed E-state index contributed by atoms with van der Waals surface area (Å²) in [5.74, 6) is -6.23. The molecule has 0 bridgehead atoms. The van der Waals surface area contributed by atoms with E-state index in [1.807, 2.05) is 0 Å². The van der Waals surface area contributed by atoms with Crippen LogP contribution in [0.2, 0.25) is 0 Å². The molecule has 1 aromatic rings. The lowest BCUT2D eigenvalue weighted by Gasteiger charge is -2.27. The minimum atomic E-state index is -5.02. The highest BCUT2D eigenvalue weighted by Gasteiger charge is 2.38. The van der Waals surface area contributed by atoms with Gasteiger partial charge in [0.25, 0.3) is 10.1 Å². The molecule has 202 valence electrons. The topological polar surface area (TPSA) is 171 Å². The number of nitrogens with one attached hydrogen (secondary N) is 3. The minimum absolute atomic E-state index is 0.0130. The molecule has 0 aliphatic carbocycles. The number of rotatable bonds is 11. The Morgan fingerprint density at radius 2 is 1.81 bits per heavy atom. The summed E-state index contributed by atoms with van der Waals surface area (Å²) in [5.41, 5.74) is -2.90. The Kier molecular flexibility index (Phi) is 10.1. The van der Waals surface area contributed by atoms with Crippen molar-refractivity contribution in [3.05, 3.63) is 35.1 Å². The maximum atomic E-state index is 13.7. The van der Waals surface area contributed by atoms with Crippen molar-refractivity contribution in [1.29, 1.82) is 0 Å². The van der Waals surface area contributed by atoms with Gasteiger partial charge in [0.05, 0.1) is 6.04 Å². The van der Waals surface area contributed by atoms with Crippen LogP contribution in [0.3, 0.4) is 0 Å². The molecule has 0 saturated carbocycles. The maximum absolute atomic E-state index is 13.7. The van der Waals surface area contributed by atoms with Crippen LogP contribution in [-0.4, -0.2) is 60.0 Å². The van der Waals surface area contributed by atoms with E-state index in [1.165, 1.54) is 0 Å². The molecule has 15 heteroatoms. The van der Waals surface area contributed by atoms with Crippen LogP contribution in [0.5, 0.6) is 0 Å². The van der Waals surface area contributed by atoms with Crippen LogP contribution in [0.4, 0.5) is 18.0 Å². The number of benzene rings is 1. The molecule has 36 heavy (non-hydrogen) atoms. The summed E-state index contributed by atoms with van der Waals surface area (Å²) in [5, 5.41) is 17.1. The number of aliphatic hydroxyl groups is 1. The van der Waals surface area contributed by atoms with Crippen molar-refractivity contribution in [3.63, 3.8) is 0 Å². The number of carbonyl (C=O) groups is 3. The molecule has 2 rings (SSSR count). The second-order valence-corrected chi connectivity index (χ2v) is 10.3. The van der Waals surface area contributed by atoms with Gasteiger partial charge in [-0.15, -0.1) is 0 Å². The quantitative estimate of drug-likeness (QED) is 0.204. The summed E-state index contributed by atoms with van der Waals surface area (Å²) < 4.78 is 77.2. The Bertz CT molecular complexity index is 1090. The van der Waals surface area contributed by atoms with Gasteiger partial charge in [-0.2, -0.15) is 8.42 Å². The molecule has 0 radical (unpaired) electrons. The molecule has 4 atom stereocenters. The fourth-order valence-electron chi connectivity index (χ4n) is 3.62. The van der Waals surface area contributed by atoms with Gasteiger partial charge in [0.15, 0.2) is 11.6 Å². The number of hydrogen-bond acceptors (Lipinski definition) is 7. The van der Waals surface area contributed by atoms with Crippen LogP contribution in [0.25, 0.3) is 0 Å². The average Bonchev–Trinajstić information content (AvgIpc) is 3.17. The van der Waals surface area contributed by atoms with Crippen molar-refractivity contribution in [1.82, 2.24) is 16.0 Å². The van der Waals surface area contributed by atoms with Crippen molar-refractivity contribution in [2.24, 2.45) is 11.8 Å². The van der Waals surface area contributed by atoms with E-state index in [-0.39, 0.29) is 24.8 Å². The third-order valence-corrected chi connectivity index (χ3v) is 6.38. The summed E-state index contributed by atoms with van der Waals surface area (Å²) >= 11 is 0. The first-order valence-electron chi connectivity index (χ1n) is 11.0. The van der Waals surface area contributed by atoms with Gasteiger partial charge in [-0.1, -0.05) is 13.8 Å². The Morgan fingerprint density at radius 1 is 1.17 bits per heavy atom. The van der Waals surface area contributed by atoms with E-state index in [0.29, 0.717) is 19.0 Å². The molecule has 1 aliphatic rings. The molecule has 1 fully saturated rings. The van der Waals surface area contributed by atoms with Crippen molar-refractivity contribution in [2.75, 3.05) is 6.54 Å². The smallest absolute Gasteiger partial charge is 0.408 e. The fraction of sp³-hybridized carbons (Fsp3) is 0.571. The second kappa shape index (κ2) is 12.4. The number of aliphatic hydroxyl groups excluding tert-OH is 1. The molecular weight excluding hydrogens is 511 g/mol. The number of alkyl carbamates (subject to hydrolysis) is 1. The van der Waals surface area contributed by atoms with Gasteiger partial charge in [0.1, 0.15) is 18.5 Å². The first-order chi connectivity index (χ1) is 16.7. The van der Waals surface area contributed by atoms with E-state index >= 15 is 0 Å². The zero-order chi connectivity index (χ0) is 27.2. The third kappa shape index (κ3) is 8.34. The molecule has 1 heterocycles. The van der Waals surface area contributed by atoms with Crippen molar-refractivity contribution < 1.29 is 50.4 Å². The van der Waals surface area contributed by atoms with Crippen molar-refractivity contribution >= 4 is 28.0 Å². The third-order valence-electron chi connectivity index (χ3n) is 5.44. The summed E-state index contributed by atoms with van der Waals surface area (Å²) in [7, 11) is -5.02. The van der Waals surface area contributed by atoms with Gasteiger partial charge >= 0.3 is 6.09 Å². The Labute approximate surface area is 205 Å². The summed E-state index contributed by atoms with van der Waals surface area (Å²) in [6.45, 7) is 2.94. The molecule has 3 amide bonds. The monoisotopic (exact) mass is 539 g/mol. The van der Waals surface area contributed by atoms with Crippen LogP contribution < -0.4 is 16.0 Å². The second-order valence-electron chi connectivity index (χ2n) is 8.79. The van der Waals surface area contributed by atoms with E-state index in [2.05, 4.69) is 16.0 Å². The molecule has 0 spiro atoms. The largest absolute Gasteiger partial charge is 0.445 e. The van der Waals surface area contributed by atoms with Gasteiger partial charge in [-0.3, -0.25) is 14.1 Å². The lowest BCUT2D eigenvalue weighted by atomic mass is 9.97. The number of hydrogen-bond donors (Lipinski definition) is 5. The number of carbonyl (C=O) groups excluding carboxylic acids is 3. The van der Waals surface area contributed by atoms with Crippen LogP contribution in [0.1, 0.15) is 38.7 Å². The molecule has 1 saturated heterocycles. The van der Waals surface area contributed by atoms with Crippen molar-refractivity contribution in [2.45, 2.75) is 57.2 Å². The van der Waals surface area contributed by atoms with E-state index in [0.717, 1.165) is 0 Å². The van der Waals surface area contributed by atoms with E-state index < -0.39 is 81.1 Å². The van der Waals surface area contributed by atoms with E-state index in [4.69, 9.17) is 4.74 Å². The maximum Gasteiger partial charge on any atom is 0.408 e. The van der Waals surface area contributed by atoms with Gasteiger partial charge in [0.2, 0.25) is 17.3 Å². The highest BCUT2D eigenvalue weighted by atomic mass is 32.2. The van der Waals surface area contributed by atoms with Crippen LogP contribution >= 0.6 is 0 Å². The zero-order valence-corrected chi connectivity index (χ0v) is 20.3. The Hall–Kier alpha value is -2.91. The highest BCUT2D eigenvalue weighted by molar-refractivity contribution is 7.86. The molecule has 1 aromatic carbocycles. The molecule has 11 nitrogen and oxygen atoms in total. The first-order valence-corrected chi connectivity index (χ1v) is 12.5. The fourth-order valence-corrected chi connectivity index (χ4v) is 4.21. The van der Waals surface area contributed by atoms with E-state index in [9.17, 15) is 45.6 Å². The lowest BCUT2D eigenvalue weighted by molar-refractivity contribution is -0.126. The van der Waals surface area contributed by atoms with Gasteiger partial charge in [-0.05, 0) is 31.2 Å². The average molecular weight is 540 g/mol. The predicted molar refractivity (Wildman–Crippen MR) is 118 cm³/mol. The van der Waals surface area contributed by atoms with Gasteiger partial charge < -0.3 is 25.8 Å². The summed E-state index contributed by atoms with van der Waals surface area (Å²) in [4.78, 5) is 37.0. The van der Waals surface area contributed by atoms with E-state index in [1.54, 1.807) is 13.8 Å². The van der Waals surface area contributed by atoms with Crippen LogP contribution in [-0.2, 0) is 31.1 Å². The van der Waals surface area contributed by atoms with Crippen LogP contribution in [0.15, 0.2) is 12.1 Å². The Morgan fingerprint density at radius 3 is 2.36 bits per heavy atom. The molecular formula is C21H28F3N3O8S.